The molecule has 32 heavy (non-hydrogen) atoms. The molecule has 0 amide bonds. The van der Waals surface area contributed by atoms with E-state index in [1.807, 2.05) is 19.1 Å². The first-order chi connectivity index (χ1) is 15.4. The zero-order chi connectivity index (χ0) is 23.4. The fourth-order valence-corrected chi connectivity index (χ4v) is 4.34. The molecule has 1 aliphatic carbocycles. The summed E-state index contributed by atoms with van der Waals surface area (Å²) in [5, 5.41) is 3.77. The van der Waals surface area contributed by atoms with E-state index >= 15 is 0 Å². The van der Waals surface area contributed by atoms with Crippen molar-refractivity contribution < 1.29 is 28.5 Å². The Morgan fingerprint density at radius 3 is 2.22 bits per heavy atom. The Balaban J connectivity index is 1.63. The smallest absolute Gasteiger partial charge is 0.204 e. The van der Waals surface area contributed by atoms with Crippen molar-refractivity contribution in [2.45, 2.75) is 63.8 Å². The first kappa shape index (κ1) is 26.8. The molecule has 0 radical (unpaired) electrons. The molecule has 0 saturated heterocycles. The number of ketones is 1. The molecule has 7 nitrogen and oxygen atoms in total. The highest BCUT2D eigenvalue weighted by molar-refractivity contribution is 7.18. The lowest BCUT2D eigenvalue weighted by molar-refractivity contribution is -0.130. The molecule has 0 heterocycles. The van der Waals surface area contributed by atoms with Gasteiger partial charge in [-0.2, -0.15) is 0 Å². The summed E-state index contributed by atoms with van der Waals surface area (Å²) in [6.07, 6.45) is 6.94. The van der Waals surface area contributed by atoms with Crippen molar-refractivity contribution in [2.24, 2.45) is 0 Å². The number of Topliss-reactive ketones (excluding diaryl/α,β-unsaturated/α-hetero) is 1. The van der Waals surface area contributed by atoms with E-state index in [4.69, 9.17) is 23.7 Å². The van der Waals surface area contributed by atoms with Gasteiger partial charge >= 0.3 is 0 Å². The number of carbonyl (C=O) groups is 1. The number of hydrogen-bond donors (Lipinski definition) is 1. The zero-order valence-corrected chi connectivity index (χ0v) is 21.2. The van der Waals surface area contributed by atoms with Crippen molar-refractivity contribution in [3.05, 3.63) is 17.7 Å². The Labute approximate surface area is 195 Å². The van der Waals surface area contributed by atoms with Crippen LogP contribution in [-0.4, -0.2) is 64.4 Å². The van der Waals surface area contributed by atoms with Crippen molar-refractivity contribution >= 4 is 15.0 Å². The number of nitrogens with one attached hydrogen (secondary N) is 1. The van der Waals surface area contributed by atoms with E-state index < -0.39 is 6.10 Å². The molecule has 1 aromatic rings. The van der Waals surface area contributed by atoms with Crippen molar-refractivity contribution in [3.63, 3.8) is 0 Å². The summed E-state index contributed by atoms with van der Waals surface area (Å²) in [7, 11) is 6.12. The summed E-state index contributed by atoms with van der Waals surface area (Å²) in [6.45, 7) is 5.85. The summed E-state index contributed by atoms with van der Waals surface area (Å²) in [5.41, 5.74) is 0.977. The Morgan fingerprint density at radius 2 is 1.62 bits per heavy atom. The standard InChI is InChI=1S/C24H40NO6P/c1-18-15-21(27-3)23(22(16-18)28-4)31-19(2)20(26)17-30-14-13-29-12-11-25-24(32)9-7-5-6-8-10-24/h15-16,19,25H,5-14,17,32H2,1-4H3. The number of methoxy groups -OCH3 is 2. The molecule has 0 aliphatic heterocycles. The fourth-order valence-electron chi connectivity index (χ4n) is 3.79. The van der Waals surface area contributed by atoms with E-state index in [0.29, 0.717) is 37.1 Å². The predicted molar refractivity (Wildman–Crippen MR) is 129 cm³/mol. The van der Waals surface area contributed by atoms with Crippen LogP contribution in [0, 0.1) is 6.92 Å². The van der Waals surface area contributed by atoms with Crippen LogP contribution in [0.2, 0.25) is 0 Å². The van der Waals surface area contributed by atoms with Gasteiger partial charge in [-0.25, -0.2) is 0 Å². The quantitative estimate of drug-likeness (QED) is 0.252. The van der Waals surface area contributed by atoms with E-state index in [1.165, 1.54) is 38.5 Å². The highest BCUT2D eigenvalue weighted by atomic mass is 31.0. The molecular weight excluding hydrogens is 429 g/mol. The van der Waals surface area contributed by atoms with Crippen LogP contribution >= 0.6 is 9.24 Å². The van der Waals surface area contributed by atoms with Crippen LogP contribution < -0.4 is 19.5 Å². The minimum absolute atomic E-state index is 0.0337. The molecular formula is C24H40NO6P. The van der Waals surface area contributed by atoms with Crippen LogP contribution in [0.5, 0.6) is 17.2 Å². The van der Waals surface area contributed by atoms with Crippen LogP contribution in [-0.2, 0) is 14.3 Å². The maximum Gasteiger partial charge on any atom is 0.204 e. The molecule has 1 N–H and O–H groups in total. The zero-order valence-electron chi connectivity index (χ0n) is 20.0. The van der Waals surface area contributed by atoms with Gasteiger partial charge in [0.1, 0.15) is 6.61 Å². The van der Waals surface area contributed by atoms with Gasteiger partial charge in [0.05, 0.1) is 34.0 Å². The first-order valence-corrected chi connectivity index (χ1v) is 12.1. The molecule has 0 aromatic heterocycles. The maximum atomic E-state index is 12.4. The number of carbonyl (C=O) groups excluding carboxylic acids is 1. The topological polar surface area (TPSA) is 75.3 Å². The minimum atomic E-state index is -0.691. The lowest BCUT2D eigenvalue weighted by atomic mass is 10.1. The van der Waals surface area contributed by atoms with E-state index in [0.717, 1.165) is 12.1 Å². The van der Waals surface area contributed by atoms with Gasteiger partial charge in [-0.3, -0.25) is 4.79 Å². The van der Waals surface area contributed by atoms with E-state index in [-0.39, 0.29) is 17.7 Å². The van der Waals surface area contributed by atoms with Gasteiger partial charge in [-0.15, -0.1) is 9.24 Å². The first-order valence-electron chi connectivity index (χ1n) is 11.5. The monoisotopic (exact) mass is 469 g/mol. The van der Waals surface area contributed by atoms with Gasteiger partial charge in [-0.1, -0.05) is 25.7 Å². The molecule has 182 valence electrons. The second-order valence-electron chi connectivity index (χ2n) is 8.39. The van der Waals surface area contributed by atoms with Crippen LogP contribution in [0.15, 0.2) is 12.1 Å². The van der Waals surface area contributed by atoms with Gasteiger partial charge < -0.3 is 29.0 Å². The average molecular weight is 470 g/mol. The highest BCUT2D eigenvalue weighted by Gasteiger charge is 2.24. The van der Waals surface area contributed by atoms with E-state index in [1.54, 1.807) is 21.1 Å². The van der Waals surface area contributed by atoms with Crippen LogP contribution in [0.25, 0.3) is 0 Å². The SMILES string of the molecule is COc1cc(C)cc(OC)c1OC(C)C(=O)COCCOCCNC1(P)CCCCCC1. The van der Waals surface area contributed by atoms with Crippen LogP contribution in [0.1, 0.15) is 51.0 Å². The fraction of sp³-hybridized carbons (Fsp3) is 0.708. The van der Waals surface area contributed by atoms with E-state index in [9.17, 15) is 4.79 Å². The molecule has 1 saturated carbocycles. The second kappa shape index (κ2) is 14.0. The van der Waals surface area contributed by atoms with Crippen LogP contribution in [0.3, 0.4) is 0 Å². The maximum absolute atomic E-state index is 12.4. The Morgan fingerprint density at radius 1 is 1.03 bits per heavy atom. The number of aryl methyl sites for hydroxylation is 1. The van der Waals surface area contributed by atoms with Crippen molar-refractivity contribution in [1.29, 1.82) is 0 Å². The molecule has 8 heteroatoms. The third-order valence-corrected chi connectivity index (χ3v) is 6.47. The molecule has 0 spiro atoms. The lowest BCUT2D eigenvalue weighted by Crippen LogP contribution is -2.40. The van der Waals surface area contributed by atoms with Crippen LogP contribution in [0.4, 0.5) is 0 Å². The molecule has 2 unspecified atom stereocenters. The van der Waals surface area contributed by atoms with Gasteiger partial charge in [0.25, 0.3) is 0 Å². The summed E-state index contributed by atoms with van der Waals surface area (Å²) in [6, 6.07) is 3.68. The number of hydrogen-bond acceptors (Lipinski definition) is 7. The summed E-state index contributed by atoms with van der Waals surface area (Å²) >= 11 is 0. The van der Waals surface area contributed by atoms with Crippen molar-refractivity contribution in [1.82, 2.24) is 5.32 Å². The average Bonchev–Trinajstić information content (AvgIpc) is 3.00. The largest absolute Gasteiger partial charge is 0.493 e. The van der Waals surface area contributed by atoms with Gasteiger partial charge in [0, 0.05) is 11.8 Å². The molecule has 1 aromatic carbocycles. The van der Waals surface area contributed by atoms with Crippen molar-refractivity contribution in [3.8, 4) is 17.2 Å². The highest BCUT2D eigenvalue weighted by Crippen LogP contribution is 2.39. The molecule has 1 fully saturated rings. The third kappa shape index (κ3) is 8.86. The normalized spacial score (nSPS) is 16.8. The van der Waals surface area contributed by atoms with Gasteiger partial charge in [-0.05, 0) is 44.4 Å². The summed E-state index contributed by atoms with van der Waals surface area (Å²) in [5.74, 6) is 1.31. The Bertz CT molecular complexity index is 681. The summed E-state index contributed by atoms with van der Waals surface area (Å²) < 4.78 is 27.7. The Kier molecular flexibility index (Phi) is 11.7. The van der Waals surface area contributed by atoms with Crippen molar-refractivity contribution in [2.75, 3.05) is 47.2 Å². The van der Waals surface area contributed by atoms with E-state index in [2.05, 4.69) is 14.6 Å². The number of benzene rings is 1. The molecule has 1 aliphatic rings. The lowest BCUT2D eigenvalue weighted by Gasteiger charge is -2.29. The molecule has 0 bridgehead atoms. The molecule has 2 atom stereocenters. The minimum Gasteiger partial charge on any atom is -0.493 e. The molecule has 2 rings (SSSR count). The number of ether oxygens (including phenoxy) is 5. The van der Waals surface area contributed by atoms with Gasteiger partial charge in [0.2, 0.25) is 5.75 Å². The predicted octanol–water partition coefficient (Wildman–Crippen LogP) is 3.90. The third-order valence-electron chi connectivity index (χ3n) is 5.69. The number of rotatable bonds is 14. The second-order valence-corrected chi connectivity index (χ2v) is 9.49. The van der Waals surface area contributed by atoms with Gasteiger partial charge in [0.15, 0.2) is 23.4 Å². The summed E-state index contributed by atoms with van der Waals surface area (Å²) in [4.78, 5) is 12.4. The Hall–Kier alpha value is -1.40.